The largest absolute Gasteiger partial charge is 0.383 e. The van der Waals surface area contributed by atoms with Gasteiger partial charge in [0.05, 0.1) is 20.7 Å². The molecule has 0 saturated heterocycles. The van der Waals surface area contributed by atoms with E-state index < -0.39 is 0 Å². The van der Waals surface area contributed by atoms with E-state index in [0.29, 0.717) is 16.7 Å². The van der Waals surface area contributed by atoms with E-state index in [1.807, 2.05) is 31.2 Å². The normalized spacial score (nSPS) is 11.0. The first kappa shape index (κ1) is 14.2. The van der Waals surface area contributed by atoms with Crippen LogP contribution in [0, 0.1) is 0 Å². The number of halogens is 2. The Balaban J connectivity index is 2.31. The Morgan fingerprint density at radius 1 is 1.24 bits per heavy atom. The molecule has 0 aliphatic heterocycles. The molecule has 21 heavy (non-hydrogen) atoms. The van der Waals surface area contributed by atoms with Crippen molar-refractivity contribution in [2.45, 2.75) is 13.3 Å². The Bertz CT molecular complexity index is 835. The van der Waals surface area contributed by atoms with Crippen molar-refractivity contribution in [3.63, 3.8) is 0 Å². The summed E-state index contributed by atoms with van der Waals surface area (Å²) in [5.41, 5.74) is 8.43. The van der Waals surface area contributed by atoms with Crippen LogP contribution in [0.3, 0.4) is 0 Å². The van der Waals surface area contributed by atoms with Crippen LogP contribution < -0.4 is 5.73 Å². The maximum Gasteiger partial charge on any atom is 0.164 e. The number of rotatable bonds is 2. The molecule has 1 aromatic carbocycles. The van der Waals surface area contributed by atoms with Crippen molar-refractivity contribution in [3.8, 4) is 11.4 Å². The lowest BCUT2D eigenvalue weighted by Crippen LogP contribution is -2.02. The molecule has 2 N–H and O–H groups in total. The van der Waals surface area contributed by atoms with Gasteiger partial charge in [-0.25, -0.2) is 9.97 Å². The van der Waals surface area contributed by atoms with Gasteiger partial charge in [-0.05, 0) is 46.6 Å². The molecule has 106 valence electrons. The molecular formula is C15H12BrClN4. The lowest BCUT2D eigenvalue weighted by molar-refractivity contribution is 0.996. The van der Waals surface area contributed by atoms with Crippen LogP contribution in [0.5, 0.6) is 0 Å². The lowest BCUT2D eigenvalue weighted by atomic mass is 10.1. The van der Waals surface area contributed by atoms with Crippen molar-refractivity contribution in [2.75, 3.05) is 5.73 Å². The molecule has 3 aromatic rings. The van der Waals surface area contributed by atoms with Gasteiger partial charge in [0.1, 0.15) is 5.82 Å². The molecule has 0 saturated carbocycles. The second-order valence-electron chi connectivity index (χ2n) is 4.54. The van der Waals surface area contributed by atoms with Gasteiger partial charge in [-0.3, -0.25) is 4.98 Å². The molecule has 3 rings (SSSR count). The second-order valence-corrected chi connectivity index (χ2v) is 5.74. The third-order valence-corrected chi connectivity index (χ3v) is 4.43. The molecule has 0 aliphatic carbocycles. The van der Waals surface area contributed by atoms with Crippen LogP contribution in [-0.4, -0.2) is 15.0 Å². The smallest absolute Gasteiger partial charge is 0.164 e. The van der Waals surface area contributed by atoms with Crippen LogP contribution >= 0.6 is 27.5 Å². The zero-order valence-electron chi connectivity index (χ0n) is 11.3. The number of aromatic nitrogens is 3. The second kappa shape index (κ2) is 5.58. The zero-order chi connectivity index (χ0) is 15.0. The van der Waals surface area contributed by atoms with Gasteiger partial charge in [0.25, 0.3) is 0 Å². The summed E-state index contributed by atoms with van der Waals surface area (Å²) in [5, 5.41) is 1.53. The quantitative estimate of drug-likeness (QED) is 0.739. The van der Waals surface area contributed by atoms with E-state index in [1.165, 1.54) is 0 Å². The van der Waals surface area contributed by atoms with Crippen molar-refractivity contribution in [1.82, 2.24) is 15.0 Å². The maximum absolute atomic E-state index is 6.22. The monoisotopic (exact) mass is 362 g/mol. The molecule has 0 bridgehead atoms. The van der Waals surface area contributed by atoms with E-state index in [9.17, 15) is 0 Å². The molecule has 2 aromatic heterocycles. The minimum Gasteiger partial charge on any atom is -0.383 e. The predicted octanol–water partition coefficient (Wildman–Crippen LogP) is 4.25. The summed E-state index contributed by atoms with van der Waals surface area (Å²) < 4.78 is 0.750. The molecule has 0 fully saturated rings. The number of nitrogen functional groups attached to an aromatic ring is 1. The molecule has 0 spiro atoms. The van der Waals surface area contributed by atoms with Gasteiger partial charge < -0.3 is 5.73 Å². The van der Waals surface area contributed by atoms with Crippen molar-refractivity contribution in [3.05, 3.63) is 45.7 Å². The standard InChI is InChI=1S/C15H12BrClN4/c1-2-11-12(16)14(18)21-15(20-11)9-5-6-10(17)8-4-3-7-19-13(8)9/h3-7H,2H2,1H3,(H2,18,20,21). The van der Waals surface area contributed by atoms with Gasteiger partial charge in [-0.1, -0.05) is 18.5 Å². The number of fused-ring (bicyclic) bond motifs is 1. The summed E-state index contributed by atoms with van der Waals surface area (Å²) in [6.45, 7) is 2.02. The van der Waals surface area contributed by atoms with Gasteiger partial charge >= 0.3 is 0 Å². The minimum absolute atomic E-state index is 0.427. The third-order valence-electron chi connectivity index (χ3n) is 3.24. The molecule has 0 amide bonds. The highest BCUT2D eigenvalue weighted by Crippen LogP contribution is 2.32. The van der Waals surface area contributed by atoms with Gasteiger partial charge in [0, 0.05) is 17.1 Å². The Morgan fingerprint density at radius 2 is 2.05 bits per heavy atom. The molecular weight excluding hydrogens is 352 g/mol. The average molecular weight is 364 g/mol. The van der Waals surface area contributed by atoms with E-state index in [2.05, 4.69) is 30.9 Å². The Kier molecular flexibility index (Phi) is 3.78. The lowest BCUT2D eigenvalue weighted by Gasteiger charge is -2.10. The minimum atomic E-state index is 0.427. The highest BCUT2D eigenvalue weighted by atomic mass is 79.9. The van der Waals surface area contributed by atoms with E-state index >= 15 is 0 Å². The number of nitrogens with zero attached hydrogens (tertiary/aromatic N) is 3. The van der Waals surface area contributed by atoms with E-state index in [1.54, 1.807) is 6.20 Å². The summed E-state index contributed by atoms with van der Waals surface area (Å²) >= 11 is 9.64. The van der Waals surface area contributed by atoms with Crippen LogP contribution in [0.15, 0.2) is 34.9 Å². The SMILES string of the molecule is CCc1nc(-c2ccc(Cl)c3cccnc23)nc(N)c1Br. The van der Waals surface area contributed by atoms with Crippen LogP contribution in [0.25, 0.3) is 22.3 Å². The molecule has 0 atom stereocenters. The van der Waals surface area contributed by atoms with Crippen molar-refractivity contribution >= 4 is 44.3 Å². The van der Waals surface area contributed by atoms with Crippen molar-refractivity contribution in [1.29, 1.82) is 0 Å². The first-order valence-electron chi connectivity index (χ1n) is 6.47. The van der Waals surface area contributed by atoms with E-state index in [-0.39, 0.29) is 0 Å². The molecule has 4 nitrogen and oxygen atoms in total. The van der Waals surface area contributed by atoms with Gasteiger partial charge in [-0.2, -0.15) is 0 Å². The topological polar surface area (TPSA) is 64.7 Å². The van der Waals surface area contributed by atoms with Gasteiger partial charge in [-0.15, -0.1) is 0 Å². The fourth-order valence-electron chi connectivity index (χ4n) is 2.19. The number of nitrogens with two attached hydrogens (primary N) is 1. The van der Waals surface area contributed by atoms with Crippen LogP contribution in [0.1, 0.15) is 12.6 Å². The van der Waals surface area contributed by atoms with Gasteiger partial charge in [0.2, 0.25) is 0 Å². The summed E-state index contributed by atoms with van der Waals surface area (Å²) in [5.74, 6) is 0.990. The predicted molar refractivity (Wildman–Crippen MR) is 89.3 cm³/mol. The molecule has 0 radical (unpaired) electrons. The number of pyridine rings is 1. The van der Waals surface area contributed by atoms with E-state index in [4.69, 9.17) is 17.3 Å². The Morgan fingerprint density at radius 3 is 2.81 bits per heavy atom. The van der Waals surface area contributed by atoms with Crippen molar-refractivity contribution < 1.29 is 0 Å². The summed E-state index contributed by atoms with van der Waals surface area (Å²) in [4.78, 5) is 13.4. The first-order valence-corrected chi connectivity index (χ1v) is 7.64. The third kappa shape index (κ3) is 2.47. The van der Waals surface area contributed by atoms with E-state index in [0.717, 1.165) is 33.1 Å². The number of anilines is 1. The summed E-state index contributed by atoms with van der Waals surface area (Å²) in [7, 11) is 0. The average Bonchev–Trinajstić information content (AvgIpc) is 2.51. The van der Waals surface area contributed by atoms with Crippen LogP contribution in [0.4, 0.5) is 5.82 Å². The molecule has 0 unspecified atom stereocenters. The number of benzene rings is 1. The molecule has 6 heteroatoms. The fraction of sp³-hybridized carbons (Fsp3) is 0.133. The number of hydrogen-bond acceptors (Lipinski definition) is 4. The highest BCUT2D eigenvalue weighted by molar-refractivity contribution is 9.10. The summed E-state index contributed by atoms with van der Waals surface area (Å²) in [6.07, 6.45) is 2.49. The van der Waals surface area contributed by atoms with Gasteiger partial charge in [0.15, 0.2) is 5.82 Å². The van der Waals surface area contributed by atoms with Crippen LogP contribution in [-0.2, 0) is 6.42 Å². The molecule has 0 aliphatic rings. The van der Waals surface area contributed by atoms with Crippen molar-refractivity contribution in [2.24, 2.45) is 0 Å². The Labute approximate surface area is 135 Å². The van der Waals surface area contributed by atoms with Crippen LogP contribution in [0.2, 0.25) is 5.02 Å². The zero-order valence-corrected chi connectivity index (χ0v) is 13.6. The summed E-state index contributed by atoms with van der Waals surface area (Å²) in [6, 6.07) is 7.48. The first-order chi connectivity index (χ1) is 10.1. The number of aryl methyl sites for hydroxylation is 1. The maximum atomic E-state index is 6.22. The number of hydrogen-bond donors (Lipinski definition) is 1. The Hall–Kier alpha value is -1.72. The highest BCUT2D eigenvalue weighted by Gasteiger charge is 2.14. The fourth-order valence-corrected chi connectivity index (χ4v) is 2.86. The molecule has 2 heterocycles.